The zero-order valence-corrected chi connectivity index (χ0v) is 18.8. The van der Waals surface area contributed by atoms with Crippen molar-refractivity contribution in [1.82, 2.24) is 10.2 Å². The van der Waals surface area contributed by atoms with Gasteiger partial charge in [0.2, 0.25) is 0 Å². The van der Waals surface area contributed by atoms with Crippen LogP contribution < -0.4 is 20.3 Å². The Hall–Kier alpha value is -2.93. The number of piperidine rings is 1. The van der Waals surface area contributed by atoms with E-state index in [1.807, 2.05) is 31.2 Å². The first-order chi connectivity index (χ1) is 14.9. The first-order valence-electron chi connectivity index (χ1n) is 10.5. The van der Waals surface area contributed by atoms with Crippen LogP contribution in [0.1, 0.15) is 35.7 Å². The summed E-state index contributed by atoms with van der Waals surface area (Å²) in [7, 11) is 1.62. The number of benzene rings is 2. The number of aryl methyl sites for hydroxylation is 1. The maximum atomic E-state index is 12.9. The van der Waals surface area contributed by atoms with Gasteiger partial charge in [-0.05, 0) is 55.8 Å². The topological polar surface area (TPSA) is 73.9 Å². The third-order valence-electron chi connectivity index (χ3n) is 6.23. The van der Waals surface area contributed by atoms with Gasteiger partial charge in [-0.2, -0.15) is 0 Å². The molecule has 4 rings (SSSR count). The van der Waals surface area contributed by atoms with Gasteiger partial charge < -0.3 is 25.2 Å². The molecule has 0 bridgehead atoms. The number of halogens is 1. The Morgan fingerprint density at radius 2 is 1.97 bits per heavy atom. The molecule has 2 heterocycles. The SMILES string of the molecule is CCN1c2cc(Cl)ccc2C(=O)NC12CCN(C(=O)Nc1ccc(OC)cc1C)CC2. The normalized spacial score (nSPS) is 17.2. The van der Waals surface area contributed by atoms with E-state index in [9.17, 15) is 9.59 Å². The number of carbonyl (C=O) groups excluding carboxylic acids is 2. The molecule has 0 atom stereocenters. The highest BCUT2D eigenvalue weighted by Gasteiger charge is 2.45. The highest BCUT2D eigenvalue weighted by Crippen LogP contribution is 2.38. The molecule has 1 saturated heterocycles. The maximum absolute atomic E-state index is 12.9. The summed E-state index contributed by atoms with van der Waals surface area (Å²) in [6.07, 6.45) is 1.26. The van der Waals surface area contributed by atoms with Gasteiger partial charge in [0, 0.05) is 43.2 Å². The van der Waals surface area contributed by atoms with Crippen LogP contribution in [0.5, 0.6) is 5.75 Å². The monoisotopic (exact) mass is 442 g/mol. The predicted molar refractivity (Wildman–Crippen MR) is 122 cm³/mol. The molecule has 0 radical (unpaired) electrons. The molecule has 1 spiro atoms. The van der Waals surface area contributed by atoms with Crippen LogP contribution in [0.2, 0.25) is 5.02 Å². The summed E-state index contributed by atoms with van der Waals surface area (Å²) < 4.78 is 5.23. The molecule has 2 aliphatic rings. The van der Waals surface area contributed by atoms with E-state index in [4.69, 9.17) is 16.3 Å². The first kappa shape index (κ1) is 21.3. The van der Waals surface area contributed by atoms with Crippen molar-refractivity contribution in [2.45, 2.75) is 32.4 Å². The number of hydrogen-bond acceptors (Lipinski definition) is 4. The van der Waals surface area contributed by atoms with Gasteiger partial charge in [0.05, 0.1) is 18.4 Å². The van der Waals surface area contributed by atoms with E-state index >= 15 is 0 Å². The van der Waals surface area contributed by atoms with Crippen molar-refractivity contribution in [1.29, 1.82) is 0 Å². The van der Waals surface area contributed by atoms with E-state index in [-0.39, 0.29) is 11.9 Å². The minimum Gasteiger partial charge on any atom is -0.497 e. The van der Waals surface area contributed by atoms with Crippen LogP contribution in [0.4, 0.5) is 16.2 Å². The van der Waals surface area contributed by atoms with Gasteiger partial charge >= 0.3 is 6.03 Å². The number of urea groups is 1. The van der Waals surface area contributed by atoms with Crippen LogP contribution in [0.3, 0.4) is 0 Å². The fourth-order valence-electron chi connectivity index (χ4n) is 4.54. The van der Waals surface area contributed by atoms with Crippen molar-refractivity contribution >= 4 is 34.9 Å². The van der Waals surface area contributed by atoms with E-state index in [0.717, 1.165) is 29.2 Å². The molecular formula is C23H27ClN4O3. The number of nitrogens with one attached hydrogen (secondary N) is 2. The number of amides is 3. The average molecular weight is 443 g/mol. The van der Waals surface area contributed by atoms with E-state index in [1.54, 1.807) is 24.1 Å². The summed E-state index contributed by atoms with van der Waals surface area (Å²) in [5.74, 6) is 0.659. The standard InChI is InChI=1S/C23H27ClN4O3/c1-4-28-20-14-16(24)5-7-18(20)21(29)26-23(28)9-11-27(12-10-23)22(30)25-19-8-6-17(31-3)13-15(19)2/h5-8,13-14H,4,9-12H2,1-3H3,(H,25,30)(H,26,29). The van der Waals surface area contributed by atoms with Crippen LogP contribution >= 0.6 is 11.6 Å². The number of hydrogen-bond donors (Lipinski definition) is 2. The van der Waals surface area contributed by atoms with Crippen LogP contribution in [0.15, 0.2) is 36.4 Å². The molecule has 3 amide bonds. The fraction of sp³-hybridized carbons (Fsp3) is 0.391. The molecule has 164 valence electrons. The maximum Gasteiger partial charge on any atom is 0.321 e. The van der Waals surface area contributed by atoms with E-state index in [2.05, 4.69) is 22.5 Å². The Bertz CT molecular complexity index is 1020. The quantitative estimate of drug-likeness (QED) is 0.745. The van der Waals surface area contributed by atoms with Crippen LogP contribution in [0, 0.1) is 6.92 Å². The van der Waals surface area contributed by atoms with Gasteiger partial charge in [0.15, 0.2) is 0 Å². The molecule has 0 aliphatic carbocycles. The zero-order valence-electron chi connectivity index (χ0n) is 18.0. The number of anilines is 2. The Kier molecular flexibility index (Phi) is 5.71. The Morgan fingerprint density at radius 1 is 1.23 bits per heavy atom. The molecule has 2 aromatic carbocycles. The molecule has 1 fully saturated rings. The van der Waals surface area contributed by atoms with Crippen LogP contribution in [0.25, 0.3) is 0 Å². The lowest BCUT2D eigenvalue weighted by molar-refractivity contribution is 0.0808. The van der Waals surface area contributed by atoms with Gasteiger partial charge in [-0.15, -0.1) is 0 Å². The second kappa shape index (κ2) is 8.30. The van der Waals surface area contributed by atoms with E-state index < -0.39 is 5.66 Å². The molecule has 0 aromatic heterocycles. The summed E-state index contributed by atoms with van der Waals surface area (Å²) in [5, 5.41) is 6.81. The van der Waals surface area contributed by atoms with Crippen molar-refractivity contribution in [3.63, 3.8) is 0 Å². The molecule has 2 N–H and O–H groups in total. The van der Waals surface area contributed by atoms with Gasteiger partial charge in [0.1, 0.15) is 11.4 Å². The lowest BCUT2D eigenvalue weighted by atomic mass is 9.90. The first-order valence-corrected chi connectivity index (χ1v) is 10.8. The molecule has 0 saturated carbocycles. The molecule has 7 nitrogen and oxygen atoms in total. The molecule has 2 aliphatic heterocycles. The van der Waals surface area contributed by atoms with Gasteiger partial charge in [-0.25, -0.2) is 4.79 Å². The number of carbonyl (C=O) groups is 2. The Balaban J connectivity index is 1.48. The number of nitrogens with zero attached hydrogens (tertiary/aromatic N) is 2. The Labute approximate surface area is 187 Å². The molecule has 2 aromatic rings. The third kappa shape index (κ3) is 3.90. The lowest BCUT2D eigenvalue weighted by Gasteiger charge is -2.52. The minimum atomic E-state index is -0.518. The average Bonchev–Trinajstić information content (AvgIpc) is 2.75. The van der Waals surface area contributed by atoms with E-state index in [0.29, 0.717) is 36.5 Å². The summed E-state index contributed by atoms with van der Waals surface area (Å²) in [5.41, 5.74) is 2.66. The summed E-state index contributed by atoms with van der Waals surface area (Å²) in [4.78, 5) is 29.7. The Morgan fingerprint density at radius 3 is 2.61 bits per heavy atom. The van der Waals surface area contributed by atoms with Crippen molar-refractivity contribution in [2.24, 2.45) is 0 Å². The lowest BCUT2D eigenvalue weighted by Crippen LogP contribution is -2.68. The minimum absolute atomic E-state index is 0.0943. The van der Waals surface area contributed by atoms with Crippen molar-refractivity contribution in [3.05, 3.63) is 52.5 Å². The van der Waals surface area contributed by atoms with Crippen molar-refractivity contribution in [2.75, 3.05) is 37.0 Å². The van der Waals surface area contributed by atoms with Crippen LogP contribution in [-0.2, 0) is 0 Å². The largest absolute Gasteiger partial charge is 0.497 e. The van der Waals surface area contributed by atoms with Gasteiger partial charge in [-0.3, -0.25) is 4.79 Å². The molecule has 8 heteroatoms. The van der Waals surface area contributed by atoms with E-state index in [1.165, 1.54) is 0 Å². The molecule has 0 unspecified atom stereocenters. The van der Waals surface area contributed by atoms with Gasteiger partial charge in [0.25, 0.3) is 5.91 Å². The second-order valence-electron chi connectivity index (χ2n) is 7.99. The summed E-state index contributed by atoms with van der Waals surface area (Å²) >= 11 is 6.22. The number of rotatable bonds is 3. The number of ether oxygens (including phenoxy) is 1. The highest BCUT2D eigenvalue weighted by molar-refractivity contribution is 6.31. The number of methoxy groups -OCH3 is 1. The number of likely N-dealkylation sites (tertiary alicyclic amines) is 1. The van der Waals surface area contributed by atoms with Gasteiger partial charge in [-0.1, -0.05) is 11.6 Å². The molecule has 31 heavy (non-hydrogen) atoms. The highest BCUT2D eigenvalue weighted by atomic mass is 35.5. The summed E-state index contributed by atoms with van der Waals surface area (Å²) in [6, 6.07) is 10.8. The van der Waals surface area contributed by atoms with Crippen LogP contribution in [-0.4, -0.2) is 49.2 Å². The third-order valence-corrected chi connectivity index (χ3v) is 6.46. The smallest absolute Gasteiger partial charge is 0.321 e. The summed E-state index contributed by atoms with van der Waals surface area (Å²) in [6.45, 7) is 5.80. The fourth-order valence-corrected chi connectivity index (χ4v) is 4.71. The second-order valence-corrected chi connectivity index (χ2v) is 8.43. The van der Waals surface area contributed by atoms with Crippen molar-refractivity contribution < 1.29 is 14.3 Å². The zero-order chi connectivity index (χ0) is 22.2. The predicted octanol–water partition coefficient (Wildman–Crippen LogP) is 4.25. The molecular weight excluding hydrogens is 416 g/mol. The number of fused-ring (bicyclic) bond motifs is 1. The van der Waals surface area contributed by atoms with Crippen molar-refractivity contribution in [3.8, 4) is 5.75 Å².